The molecule has 0 saturated carbocycles. The van der Waals surface area contributed by atoms with Gasteiger partial charge in [-0.05, 0) is 36.3 Å². The number of rotatable bonds is 8. The highest BCUT2D eigenvalue weighted by Crippen LogP contribution is 2.29. The summed E-state index contributed by atoms with van der Waals surface area (Å²) in [6.45, 7) is 1.59. The van der Waals surface area contributed by atoms with E-state index < -0.39 is 11.9 Å². The van der Waals surface area contributed by atoms with Crippen molar-refractivity contribution in [3.8, 4) is 17.6 Å². The number of nitrogens with one attached hydrogen (secondary N) is 1. The molecule has 2 aromatic carbocycles. The lowest BCUT2D eigenvalue weighted by Crippen LogP contribution is -2.27. The van der Waals surface area contributed by atoms with Crippen LogP contribution in [0.25, 0.3) is 6.08 Å². The summed E-state index contributed by atoms with van der Waals surface area (Å²) in [5, 5.41) is 12.2. The number of methoxy groups -OCH3 is 2. The van der Waals surface area contributed by atoms with E-state index >= 15 is 0 Å². The van der Waals surface area contributed by atoms with E-state index in [1.165, 1.54) is 20.3 Å². The van der Waals surface area contributed by atoms with Crippen LogP contribution in [0.4, 0.5) is 0 Å². The van der Waals surface area contributed by atoms with Crippen LogP contribution in [0.2, 0.25) is 0 Å². The van der Waals surface area contributed by atoms with Gasteiger partial charge in [0.15, 0.2) is 18.1 Å². The normalized spacial score (nSPS) is 11.7. The first-order chi connectivity index (χ1) is 14.0. The second kappa shape index (κ2) is 10.5. The van der Waals surface area contributed by atoms with Crippen LogP contribution in [0.3, 0.4) is 0 Å². The first-order valence-electron chi connectivity index (χ1n) is 8.83. The molecule has 150 valence electrons. The molecule has 0 aliphatic carbocycles. The largest absolute Gasteiger partial charge is 0.493 e. The van der Waals surface area contributed by atoms with Gasteiger partial charge < -0.3 is 19.5 Å². The minimum absolute atomic E-state index is 0.0435. The van der Waals surface area contributed by atoms with E-state index in [1.54, 1.807) is 18.2 Å². The zero-order chi connectivity index (χ0) is 21.2. The van der Waals surface area contributed by atoms with Crippen LogP contribution in [0.15, 0.2) is 54.1 Å². The Morgan fingerprint density at radius 2 is 1.86 bits per heavy atom. The molecular formula is C22H22N2O5. The van der Waals surface area contributed by atoms with Crippen LogP contribution >= 0.6 is 0 Å². The van der Waals surface area contributed by atoms with E-state index in [9.17, 15) is 14.9 Å². The van der Waals surface area contributed by atoms with Gasteiger partial charge >= 0.3 is 5.97 Å². The molecule has 0 bridgehead atoms. The zero-order valence-electron chi connectivity index (χ0n) is 16.5. The number of amides is 1. The summed E-state index contributed by atoms with van der Waals surface area (Å²) in [7, 11) is 2.72. The highest BCUT2D eigenvalue weighted by atomic mass is 16.6. The Hall–Kier alpha value is -3.79. The Labute approximate surface area is 169 Å². The number of nitriles is 1. The van der Waals surface area contributed by atoms with E-state index in [-0.39, 0.29) is 18.2 Å². The van der Waals surface area contributed by atoms with E-state index in [0.29, 0.717) is 17.1 Å². The van der Waals surface area contributed by atoms with Gasteiger partial charge in [-0.1, -0.05) is 36.4 Å². The summed E-state index contributed by atoms with van der Waals surface area (Å²) in [5.74, 6) is -0.297. The summed E-state index contributed by atoms with van der Waals surface area (Å²) in [6, 6.07) is 16.0. The van der Waals surface area contributed by atoms with E-state index in [2.05, 4.69) is 10.1 Å². The molecule has 1 N–H and O–H groups in total. The third kappa shape index (κ3) is 6.11. The van der Waals surface area contributed by atoms with E-state index in [0.717, 1.165) is 5.56 Å². The second-order valence-corrected chi connectivity index (χ2v) is 6.05. The number of carbonyl (C=O) groups is 2. The maximum atomic E-state index is 12.5. The number of ether oxygens (including phenoxy) is 3. The lowest BCUT2D eigenvalue weighted by atomic mass is 10.1. The fraction of sp³-hybridized carbons (Fsp3) is 0.227. The van der Waals surface area contributed by atoms with Crippen molar-refractivity contribution in [2.45, 2.75) is 13.0 Å². The van der Waals surface area contributed by atoms with Crippen LogP contribution in [0.1, 0.15) is 24.1 Å². The van der Waals surface area contributed by atoms with Crippen LogP contribution in [-0.2, 0) is 14.3 Å². The van der Waals surface area contributed by atoms with Crippen molar-refractivity contribution in [1.29, 1.82) is 5.26 Å². The monoisotopic (exact) mass is 394 g/mol. The first kappa shape index (κ1) is 21.5. The van der Waals surface area contributed by atoms with Crippen LogP contribution in [-0.4, -0.2) is 32.7 Å². The Morgan fingerprint density at radius 3 is 2.48 bits per heavy atom. The number of hydrogen-bond donors (Lipinski definition) is 1. The second-order valence-electron chi connectivity index (χ2n) is 6.05. The predicted molar refractivity (Wildman–Crippen MR) is 107 cm³/mol. The van der Waals surface area contributed by atoms with Crippen LogP contribution in [0.5, 0.6) is 11.5 Å². The quantitative estimate of drug-likeness (QED) is 0.420. The van der Waals surface area contributed by atoms with Gasteiger partial charge in [-0.25, -0.2) is 4.79 Å². The van der Waals surface area contributed by atoms with Gasteiger partial charge in [-0.3, -0.25) is 4.79 Å². The SMILES string of the molecule is COC(=O)COc1ccc(/C=C(\C#N)C(=O)N[C@H](C)c2ccccc2)cc1OC. The Balaban J connectivity index is 2.16. The summed E-state index contributed by atoms with van der Waals surface area (Å²) in [5.41, 5.74) is 1.47. The van der Waals surface area contributed by atoms with Gasteiger partial charge in [0.05, 0.1) is 20.3 Å². The zero-order valence-corrected chi connectivity index (χ0v) is 16.5. The number of esters is 1. The highest BCUT2D eigenvalue weighted by molar-refractivity contribution is 6.01. The molecule has 0 aliphatic rings. The van der Waals surface area contributed by atoms with Crippen molar-refractivity contribution in [2.75, 3.05) is 20.8 Å². The van der Waals surface area contributed by atoms with Crippen molar-refractivity contribution in [2.24, 2.45) is 0 Å². The molecule has 2 rings (SSSR count). The Kier molecular flexibility index (Phi) is 7.80. The summed E-state index contributed by atoms with van der Waals surface area (Å²) in [4.78, 5) is 23.7. The Morgan fingerprint density at radius 1 is 1.14 bits per heavy atom. The number of carbonyl (C=O) groups excluding carboxylic acids is 2. The third-order valence-corrected chi connectivity index (χ3v) is 4.08. The minimum Gasteiger partial charge on any atom is -0.493 e. The van der Waals surface area contributed by atoms with Gasteiger partial charge in [-0.2, -0.15) is 5.26 Å². The van der Waals surface area contributed by atoms with Gasteiger partial charge in [0.1, 0.15) is 11.6 Å². The predicted octanol–water partition coefficient (Wildman–Crippen LogP) is 3.03. The molecule has 1 amide bonds. The summed E-state index contributed by atoms with van der Waals surface area (Å²) in [6.07, 6.45) is 1.46. The van der Waals surface area contributed by atoms with Gasteiger partial charge in [0.2, 0.25) is 0 Å². The molecule has 1 atom stereocenters. The molecule has 0 unspecified atom stereocenters. The van der Waals surface area contributed by atoms with E-state index in [1.807, 2.05) is 43.3 Å². The lowest BCUT2D eigenvalue weighted by Gasteiger charge is -2.14. The fourth-order valence-electron chi connectivity index (χ4n) is 2.50. The lowest BCUT2D eigenvalue weighted by molar-refractivity contribution is -0.142. The molecule has 0 radical (unpaired) electrons. The van der Waals surface area contributed by atoms with Crippen molar-refractivity contribution in [3.63, 3.8) is 0 Å². The molecular weight excluding hydrogens is 372 g/mol. The van der Waals surface area contributed by atoms with E-state index in [4.69, 9.17) is 9.47 Å². The van der Waals surface area contributed by atoms with Crippen LogP contribution < -0.4 is 14.8 Å². The van der Waals surface area contributed by atoms with Crippen molar-refractivity contribution < 1.29 is 23.8 Å². The van der Waals surface area contributed by atoms with Gasteiger partial charge in [0.25, 0.3) is 5.91 Å². The number of benzene rings is 2. The van der Waals surface area contributed by atoms with Crippen molar-refractivity contribution in [1.82, 2.24) is 5.32 Å². The van der Waals surface area contributed by atoms with Gasteiger partial charge in [0, 0.05) is 0 Å². The first-order valence-corrected chi connectivity index (χ1v) is 8.83. The molecule has 0 fully saturated rings. The molecule has 0 heterocycles. The molecule has 0 saturated heterocycles. The molecule has 7 heteroatoms. The average molecular weight is 394 g/mol. The molecule has 2 aromatic rings. The standard InChI is InChI=1S/C22H22N2O5/c1-15(17-7-5-4-6-8-17)24-22(26)18(13-23)11-16-9-10-19(20(12-16)27-2)29-14-21(25)28-3/h4-12,15H,14H2,1-3H3,(H,24,26)/b18-11+/t15-/m1/s1. The summed E-state index contributed by atoms with van der Waals surface area (Å²) >= 11 is 0. The average Bonchev–Trinajstić information content (AvgIpc) is 2.76. The molecule has 0 aliphatic heterocycles. The smallest absolute Gasteiger partial charge is 0.343 e. The molecule has 0 spiro atoms. The van der Waals surface area contributed by atoms with Gasteiger partial charge in [-0.15, -0.1) is 0 Å². The van der Waals surface area contributed by atoms with Crippen molar-refractivity contribution in [3.05, 3.63) is 65.2 Å². The third-order valence-electron chi connectivity index (χ3n) is 4.08. The molecule has 29 heavy (non-hydrogen) atoms. The number of hydrogen-bond acceptors (Lipinski definition) is 6. The van der Waals surface area contributed by atoms with Crippen LogP contribution in [0, 0.1) is 11.3 Å². The molecule has 0 aromatic heterocycles. The molecule has 7 nitrogen and oxygen atoms in total. The number of nitrogens with zero attached hydrogens (tertiary/aromatic N) is 1. The topological polar surface area (TPSA) is 97.7 Å². The van der Waals surface area contributed by atoms with Crippen molar-refractivity contribution >= 4 is 18.0 Å². The maximum Gasteiger partial charge on any atom is 0.343 e. The maximum absolute atomic E-state index is 12.5. The fourth-order valence-corrected chi connectivity index (χ4v) is 2.50. The summed E-state index contributed by atoms with van der Waals surface area (Å²) < 4.78 is 15.1. The minimum atomic E-state index is -0.521. The Bertz CT molecular complexity index is 932. The highest BCUT2D eigenvalue weighted by Gasteiger charge is 2.14.